The minimum absolute atomic E-state index is 0.0887. The SMILES string of the molecule is C=CCN(CC(=O)O)C(C)C(C)C. The first kappa shape index (κ1) is 12.2. The van der Waals surface area contributed by atoms with Crippen LogP contribution in [0, 0.1) is 5.92 Å². The molecule has 0 radical (unpaired) electrons. The molecule has 0 fully saturated rings. The van der Waals surface area contributed by atoms with Crippen LogP contribution >= 0.6 is 0 Å². The molecule has 0 rings (SSSR count). The van der Waals surface area contributed by atoms with Crippen molar-refractivity contribution < 1.29 is 9.90 Å². The molecule has 0 aliphatic carbocycles. The molecule has 1 unspecified atom stereocenters. The van der Waals surface area contributed by atoms with Crippen LogP contribution in [-0.4, -0.2) is 35.1 Å². The average molecular weight is 185 g/mol. The molecule has 0 bridgehead atoms. The molecule has 76 valence electrons. The smallest absolute Gasteiger partial charge is 0.317 e. The summed E-state index contributed by atoms with van der Waals surface area (Å²) in [5.41, 5.74) is 0. The maximum atomic E-state index is 10.5. The zero-order valence-corrected chi connectivity index (χ0v) is 8.66. The van der Waals surface area contributed by atoms with Gasteiger partial charge in [0.1, 0.15) is 0 Å². The Morgan fingerprint density at radius 3 is 2.38 bits per heavy atom. The van der Waals surface area contributed by atoms with Gasteiger partial charge in [0.15, 0.2) is 0 Å². The molecule has 1 atom stereocenters. The lowest BCUT2D eigenvalue weighted by molar-refractivity contribution is -0.138. The van der Waals surface area contributed by atoms with Crippen LogP contribution in [0.2, 0.25) is 0 Å². The Morgan fingerprint density at radius 2 is 2.08 bits per heavy atom. The summed E-state index contributed by atoms with van der Waals surface area (Å²) in [4.78, 5) is 12.4. The van der Waals surface area contributed by atoms with E-state index in [4.69, 9.17) is 5.11 Å². The van der Waals surface area contributed by atoms with Crippen molar-refractivity contribution in [2.24, 2.45) is 5.92 Å². The second kappa shape index (κ2) is 5.75. The number of carboxylic acids is 1. The largest absolute Gasteiger partial charge is 0.480 e. The molecule has 0 aliphatic rings. The fraction of sp³-hybridized carbons (Fsp3) is 0.700. The van der Waals surface area contributed by atoms with Crippen molar-refractivity contribution in [1.29, 1.82) is 0 Å². The van der Waals surface area contributed by atoms with Crippen LogP contribution in [0.25, 0.3) is 0 Å². The summed E-state index contributed by atoms with van der Waals surface area (Å²) in [7, 11) is 0. The molecule has 0 spiro atoms. The van der Waals surface area contributed by atoms with E-state index in [1.165, 1.54) is 0 Å². The summed E-state index contributed by atoms with van der Waals surface area (Å²) < 4.78 is 0. The third-order valence-corrected chi connectivity index (χ3v) is 2.24. The van der Waals surface area contributed by atoms with Gasteiger partial charge in [-0.3, -0.25) is 9.69 Å². The van der Waals surface area contributed by atoms with E-state index in [1.54, 1.807) is 6.08 Å². The van der Waals surface area contributed by atoms with Gasteiger partial charge >= 0.3 is 5.97 Å². The molecular weight excluding hydrogens is 166 g/mol. The standard InChI is InChI=1S/C10H19NO2/c1-5-6-11(7-10(12)13)9(4)8(2)3/h5,8-9H,1,6-7H2,2-4H3,(H,12,13). The van der Waals surface area contributed by atoms with Gasteiger partial charge in [-0.05, 0) is 12.8 Å². The minimum atomic E-state index is -0.783. The van der Waals surface area contributed by atoms with E-state index in [0.29, 0.717) is 12.5 Å². The fourth-order valence-corrected chi connectivity index (χ4v) is 1.14. The number of rotatable bonds is 6. The van der Waals surface area contributed by atoms with Gasteiger partial charge in [0, 0.05) is 12.6 Å². The van der Waals surface area contributed by atoms with Gasteiger partial charge in [0.25, 0.3) is 0 Å². The van der Waals surface area contributed by atoms with E-state index in [9.17, 15) is 4.79 Å². The van der Waals surface area contributed by atoms with E-state index >= 15 is 0 Å². The molecule has 3 heteroatoms. The van der Waals surface area contributed by atoms with Crippen LogP contribution in [0.5, 0.6) is 0 Å². The number of carbonyl (C=O) groups is 1. The highest BCUT2D eigenvalue weighted by atomic mass is 16.4. The van der Waals surface area contributed by atoms with Crippen molar-refractivity contribution in [3.8, 4) is 0 Å². The molecule has 13 heavy (non-hydrogen) atoms. The summed E-state index contributed by atoms with van der Waals surface area (Å²) in [5.74, 6) is -0.325. The third kappa shape index (κ3) is 4.68. The van der Waals surface area contributed by atoms with E-state index in [1.807, 2.05) is 11.8 Å². The molecule has 0 heterocycles. The van der Waals surface area contributed by atoms with Crippen LogP contribution in [0.3, 0.4) is 0 Å². The average Bonchev–Trinajstić information content (AvgIpc) is 2.01. The predicted octanol–water partition coefficient (Wildman–Crippen LogP) is 1.60. The first-order chi connectivity index (χ1) is 5.99. The first-order valence-corrected chi connectivity index (χ1v) is 4.55. The van der Waals surface area contributed by atoms with Gasteiger partial charge in [-0.15, -0.1) is 6.58 Å². The Balaban J connectivity index is 4.21. The van der Waals surface area contributed by atoms with Gasteiger partial charge in [0.05, 0.1) is 6.54 Å². The third-order valence-electron chi connectivity index (χ3n) is 2.24. The summed E-state index contributed by atoms with van der Waals surface area (Å²) in [6.45, 7) is 10.5. The van der Waals surface area contributed by atoms with Crippen molar-refractivity contribution in [2.45, 2.75) is 26.8 Å². The maximum Gasteiger partial charge on any atom is 0.317 e. The molecule has 0 aromatic heterocycles. The monoisotopic (exact) mass is 185 g/mol. The van der Waals surface area contributed by atoms with Gasteiger partial charge in [-0.25, -0.2) is 0 Å². The molecular formula is C10H19NO2. The van der Waals surface area contributed by atoms with Crippen molar-refractivity contribution in [1.82, 2.24) is 4.90 Å². The molecule has 0 amide bonds. The highest BCUT2D eigenvalue weighted by molar-refractivity contribution is 5.69. The number of hydrogen-bond donors (Lipinski definition) is 1. The summed E-state index contributed by atoms with van der Waals surface area (Å²) >= 11 is 0. The topological polar surface area (TPSA) is 40.5 Å². The summed E-state index contributed by atoms with van der Waals surface area (Å²) in [6.07, 6.45) is 1.74. The number of hydrogen-bond acceptors (Lipinski definition) is 2. The van der Waals surface area contributed by atoms with Crippen molar-refractivity contribution in [2.75, 3.05) is 13.1 Å². The second-order valence-corrected chi connectivity index (χ2v) is 3.60. The zero-order valence-electron chi connectivity index (χ0n) is 8.66. The Kier molecular flexibility index (Phi) is 5.39. The van der Waals surface area contributed by atoms with Crippen molar-refractivity contribution >= 4 is 5.97 Å². The number of nitrogens with zero attached hydrogens (tertiary/aromatic N) is 1. The molecule has 1 N–H and O–H groups in total. The van der Waals surface area contributed by atoms with E-state index in [0.717, 1.165) is 0 Å². The quantitative estimate of drug-likeness (QED) is 0.639. The van der Waals surface area contributed by atoms with Gasteiger partial charge in [-0.1, -0.05) is 19.9 Å². The summed E-state index contributed by atoms with van der Waals surface area (Å²) in [5, 5.41) is 8.67. The maximum absolute atomic E-state index is 10.5. The van der Waals surface area contributed by atoms with Crippen LogP contribution < -0.4 is 0 Å². The van der Waals surface area contributed by atoms with Crippen LogP contribution in [0.15, 0.2) is 12.7 Å². The lowest BCUT2D eigenvalue weighted by Gasteiger charge is -2.29. The normalized spacial score (nSPS) is 13.3. The molecule has 0 aliphatic heterocycles. The minimum Gasteiger partial charge on any atom is -0.480 e. The molecule has 0 saturated carbocycles. The lowest BCUT2D eigenvalue weighted by Crippen LogP contribution is -2.40. The zero-order chi connectivity index (χ0) is 10.4. The highest BCUT2D eigenvalue weighted by Crippen LogP contribution is 2.09. The van der Waals surface area contributed by atoms with E-state index < -0.39 is 5.97 Å². The van der Waals surface area contributed by atoms with E-state index in [2.05, 4.69) is 20.4 Å². The Morgan fingerprint density at radius 1 is 1.54 bits per heavy atom. The predicted molar refractivity (Wildman–Crippen MR) is 53.7 cm³/mol. The molecule has 3 nitrogen and oxygen atoms in total. The lowest BCUT2D eigenvalue weighted by atomic mass is 10.0. The summed E-state index contributed by atoms with van der Waals surface area (Å²) in [6, 6.07) is 0.272. The van der Waals surface area contributed by atoms with Crippen molar-refractivity contribution in [3.05, 3.63) is 12.7 Å². The highest BCUT2D eigenvalue weighted by Gasteiger charge is 2.17. The Hall–Kier alpha value is -0.830. The fourth-order valence-electron chi connectivity index (χ4n) is 1.14. The Labute approximate surface area is 80.0 Å². The van der Waals surface area contributed by atoms with Gasteiger partial charge in [0.2, 0.25) is 0 Å². The number of aliphatic carboxylic acids is 1. The number of carboxylic acid groups (broad SMARTS) is 1. The van der Waals surface area contributed by atoms with Crippen molar-refractivity contribution in [3.63, 3.8) is 0 Å². The molecule has 0 aromatic rings. The van der Waals surface area contributed by atoms with Crippen LogP contribution in [0.4, 0.5) is 0 Å². The van der Waals surface area contributed by atoms with Gasteiger partial charge < -0.3 is 5.11 Å². The molecule has 0 saturated heterocycles. The molecule has 0 aromatic carbocycles. The van der Waals surface area contributed by atoms with Crippen LogP contribution in [-0.2, 0) is 4.79 Å². The van der Waals surface area contributed by atoms with E-state index in [-0.39, 0.29) is 12.6 Å². The second-order valence-electron chi connectivity index (χ2n) is 3.60. The van der Waals surface area contributed by atoms with Gasteiger partial charge in [-0.2, -0.15) is 0 Å². The Bertz CT molecular complexity index is 178. The van der Waals surface area contributed by atoms with Crippen LogP contribution in [0.1, 0.15) is 20.8 Å². The first-order valence-electron chi connectivity index (χ1n) is 4.55.